The topological polar surface area (TPSA) is 158 Å². The van der Waals surface area contributed by atoms with Gasteiger partial charge in [0.2, 0.25) is 0 Å². The molecule has 1 atom stereocenters. The minimum absolute atomic E-state index is 0.0759. The van der Waals surface area contributed by atoms with Crippen LogP contribution in [0.5, 0.6) is 0 Å². The third kappa shape index (κ3) is 4.65. The molecule has 10 nitrogen and oxygen atoms in total. The van der Waals surface area contributed by atoms with E-state index in [1.54, 1.807) is 38.1 Å². The monoisotopic (exact) mass is 443 g/mol. The van der Waals surface area contributed by atoms with E-state index < -0.39 is 12.0 Å². The quantitative estimate of drug-likeness (QED) is 0.122. The van der Waals surface area contributed by atoms with Crippen molar-refractivity contribution in [2.24, 2.45) is 5.22 Å². The van der Waals surface area contributed by atoms with Crippen LogP contribution in [-0.4, -0.2) is 52.4 Å². The summed E-state index contributed by atoms with van der Waals surface area (Å²) in [4.78, 5) is 28.2. The zero-order valence-corrected chi connectivity index (χ0v) is 17.7. The second-order valence-electron chi connectivity index (χ2n) is 7.08. The molecule has 0 saturated heterocycles. The lowest BCUT2D eigenvalue weighted by molar-refractivity contribution is -0.110. The van der Waals surface area contributed by atoms with Gasteiger partial charge in [0, 0.05) is 34.2 Å². The number of carbonyl (C=O) groups excluding carboxylic acids is 2. The smallest absolute Gasteiger partial charge is 0.256 e. The molecule has 0 saturated carbocycles. The Morgan fingerprint density at radius 1 is 1.42 bits per heavy atom. The highest BCUT2D eigenvalue weighted by Gasteiger charge is 2.26. The van der Waals surface area contributed by atoms with Crippen molar-refractivity contribution in [3.63, 3.8) is 0 Å². The molecule has 6 N–H and O–H groups in total. The highest BCUT2D eigenvalue weighted by molar-refractivity contribution is 6.36. The largest absolute Gasteiger partial charge is 0.389 e. The molecular formula is C20H22ClN7O3. The van der Waals surface area contributed by atoms with Gasteiger partial charge in [-0.2, -0.15) is 5.53 Å². The number of aryl methyl sites for hydroxylation is 1. The van der Waals surface area contributed by atoms with E-state index in [0.717, 1.165) is 11.3 Å². The number of rotatable bonds is 8. The van der Waals surface area contributed by atoms with Gasteiger partial charge in [-0.15, -0.1) is 0 Å². The van der Waals surface area contributed by atoms with Crippen molar-refractivity contribution in [3.8, 4) is 0 Å². The van der Waals surface area contributed by atoms with Gasteiger partial charge < -0.3 is 20.7 Å². The Kier molecular flexibility index (Phi) is 6.52. The van der Waals surface area contributed by atoms with Gasteiger partial charge in [0.15, 0.2) is 0 Å². The van der Waals surface area contributed by atoms with Crippen LogP contribution in [0.4, 0.5) is 5.69 Å². The summed E-state index contributed by atoms with van der Waals surface area (Å²) < 4.78 is 0. The minimum atomic E-state index is -1.01. The SMILES string of the molecule is Cc1[nH]c(/C=C2\C(=O)Nc3ccc(Cl)cc32)c(C)c1C(=O)NCC(O)CN(C=N)N=N. The lowest BCUT2D eigenvalue weighted by Crippen LogP contribution is -2.38. The summed E-state index contributed by atoms with van der Waals surface area (Å²) in [5.74, 6) is -0.646. The molecule has 1 aliphatic rings. The van der Waals surface area contributed by atoms with Gasteiger partial charge in [0.25, 0.3) is 11.8 Å². The van der Waals surface area contributed by atoms with Gasteiger partial charge in [0.05, 0.1) is 23.8 Å². The van der Waals surface area contributed by atoms with Gasteiger partial charge in [-0.25, -0.2) is 5.01 Å². The predicted octanol–water partition coefficient (Wildman–Crippen LogP) is 2.72. The summed E-state index contributed by atoms with van der Waals surface area (Å²) in [5, 5.41) is 27.0. The summed E-state index contributed by atoms with van der Waals surface area (Å²) in [6.45, 7) is 3.35. The molecule has 31 heavy (non-hydrogen) atoms. The van der Waals surface area contributed by atoms with Crippen LogP contribution in [0.1, 0.15) is 32.9 Å². The molecule has 0 fully saturated rings. The molecule has 2 aromatic rings. The summed E-state index contributed by atoms with van der Waals surface area (Å²) in [7, 11) is 0. The zero-order chi connectivity index (χ0) is 22.7. The number of H-pyrrole nitrogens is 1. The molecule has 11 heteroatoms. The number of halogens is 1. The van der Waals surface area contributed by atoms with Crippen molar-refractivity contribution in [3.05, 3.63) is 51.3 Å². The van der Waals surface area contributed by atoms with Gasteiger partial charge in [-0.05, 0) is 43.7 Å². The lowest BCUT2D eigenvalue weighted by Gasteiger charge is -2.16. The number of aliphatic hydroxyl groups excluding tert-OH is 1. The molecule has 0 aliphatic carbocycles. The highest BCUT2D eigenvalue weighted by atomic mass is 35.5. The summed E-state index contributed by atoms with van der Waals surface area (Å²) in [6, 6.07) is 5.15. The van der Waals surface area contributed by atoms with Crippen LogP contribution in [0.2, 0.25) is 5.02 Å². The number of carbonyl (C=O) groups is 2. The Labute approximate surface area is 183 Å². The lowest BCUT2D eigenvalue weighted by atomic mass is 10.0. The van der Waals surface area contributed by atoms with E-state index in [1.807, 2.05) is 0 Å². The first-order valence-corrected chi connectivity index (χ1v) is 9.76. The number of anilines is 1. The van der Waals surface area contributed by atoms with Gasteiger partial charge in [0.1, 0.15) is 6.34 Å². The predicted molar refractivity (Wildman–Crippen MR) is 117 cm³/mol. The molecule has 0 radical (unpaired) electrons. The normalized spacial score (nSPS) is 14.7. The number of nitrogens with zero attached hydrogens (tertiary/aromatic N) is 2. The highest BCUT2D eigenvalue weighted by Crippen LogP contribution is 2.35. The van der Waals surface area contributed by atoms with E-state index >= 15 is 0 Å². The minimum Gasteiger partial charge on any atom is -0.389 e. The van der Waals surface area contributed by atoms with E-state index in [0.29, 0.717) is 44.4 Å². The van der Waals surface area contributed by atoms with Crippen molar-refractivity contribution in [2.75, 3.05) is 18.4 Å². The van der Waals surface area contributed by atoms with Crippen LogP contribution in [0.15, 0.2) is 23.4 Å². The first-order valence-electron chi connectivity index (χ1n) is 9.38. The maximum atomic E-state index is 12.7. The van der Waals surface area contributed by atoms with Gasteiger partial charge >= 0.3 is 0 Å². The Morgan fingerprint density at radius 3 is 2.84 bits per heavy atom. The Hall–Kier alpha value is -3.50. The van der Waals surface area contributed by atoms with Crippen LogP contribution in [0.3, 0.4) is 0 Å². The number of aliphatic hydroxyl groups is 1. The number of nitrogens with one attached hydrogen (secondary N) is 5. The first-order chi connectivity index (χ1) is 14.7. The first kappa shape index (κ1) is 22.2. The van der Waals surface area contributed by atoms with E-state index in [-0.39, 0.29) is 19.0 Å². The molecule has 162 valence electrons. The van der Waals surface area contributed by atoms with Gasteiger partial charge in [-0.3, -0.25) is 15.0 Å². The Balaban J connectivity index is 1.80. The van der Waals surface area contributed by atoms with E-state index in [4.69, 9.17) is 22.5 Å². The van der Waals surface area contributed by atoms with Crippen molar-refractivity contribution in [1.82, 2.24) is 15.3 Å². The number of aromatic nitrogens is 1. The number of hydrogen-bond acceptors (Lipinski definition) is 6. The van der Waals surface area contributed by atoms with Crippen LogP contribution in [0, 0.1) is 24.8 Å². The van der Waals surface area contributed by atoms with E-state index in [9.17, 15) is 14.7 Å². The average molecular weight is 444 g/mol. The van der Waals surface area contributed by atoms with Crippen molar-refractivity contribution >= 4 is 47.1 Å². The van der Waals surface area contributed by atoms with Crippen molar-refractivity contribution < 1.29 is 14.7 Å². The molecular weight excluding hydrogens is 422 g/mol. The van der Waals surface area contributed by atoms with E-state index in [1.165, 1.54) is 0 Å². The Morgan fingerprint density at radius 2 is 2.16 bits per heavy atom. The fourth-order valence-electron chi connectivity index (χ4n) is 3.41. The van der Waals surface area contributed by atoms with Crippen molar-refractivity contribution in [1.29, 1.82) is 10.9 Å². The fourth-order valence-corrected chi connectivity index (χ4v) is 3.58. The number of fused-ring (bicyclic) bond motifs is 1. The summed E-state index contributed by atoms with van der Waals surface area (Å²) in [5.41, 5.74) is 11.0. The molecule has 1 aromatic carbocycles. The van der Waals surface area contributed by atoms with Crippen LogP contribution in [-0.2, 0) is 4.79 Å². The third-order valence-corrected chi connectivity index (χ3v) is 5.17. The molecule has 3 rings (SSSR count). The molecule has 2 heterocycles. The summed E-state index contributed by atoms with van der Waals surface area (Å²) in [6.07, 6.45) is 1.48. The second-order valence-corrected chi connectivity index (χ2v) is 7.52. The van der Waals surface area contributed by atoms with Crippen LogP contribution < -0.4 is 10.6 Å². The Bertz CT molecular complexity index is 1080. The van der Waals surface area contributed by atoms with Crippen molar-refractivity contribution in [2.45, 2.75) is 20.0 Å². The maximum Gasteiger partial charge on any atom is 0.256 e. The third-order valence-electron chi connectivity index (χ3n) is 4.93. The number of hydrogen-bond donors (Lipinski definition) is 6. The molecule has 1 unspecified atom stereocenters. The number of benzene rings is 1. The molecule has 2 amide bonds. The molecule has 1 aromatic heterocycles. The standard InChI is InChI=1S/C20H22ClN7O3/c1-10-17(6-15-14-5-12(21)3-4-16(14)26-19(15)30)25-11(2)18(10)20(31)24-7-13(29)8-28(9-22)27-23/h3-6,9,13,22-23,25,29H,7-8H2,1-2H3,(H,24,31)(H,26,30)/b15-6-,22-9?,27-23?. The van der Waals surface area contributed by atoms with Gasteiger partial charge in [-0.1, -0.05) is 16.8 Å². The average Bonchev–Trinajstić information content (AvgIpc) is 3.19. The maximum absolute atomic E-state index is 12.7. The zero-order valence-electron chi connectivity index (χ0n) is 16.9. The number of aromatic amines is 1. The molecule has 0 spiro atoms. The molecule has 0 bridgehead atoms. The number of amides is 2. The summed E-state index contributed by atoms with van der Waals surface area (Å²) >= 11 is 6.07. The van der Waals surface area contributed by atoms with E-state index in [2.05, 4.69) is 20.8 Å². The van der Waals surface area contributed by atoms with Crippen LogP contribution in [0.25, 0.3) is 11.6 Å². The fraction of sp³-hybridized carbons (Fsp3) is 0.250. The molecule has 1 aliphatic heterocycles. The van der Waals surface area contributed by atoms with Crippen LogP contribution >= 0.6 is 11.6 Å². The second kappa shape index (κ2) is 9.11.